The fourth-order valence-corrected chi connectivity index (χ4v) is 3.15. The highest BCUT2D eigenvalue weighted by Gasteiger charge is 2.17. The van der Waals surface area contributed by atoms with Crippen molar-refractivity contribution in [1.82, 2.24) is 10.2 Å². The van der Waals surface area contributed by atoms with Crippen molar-refractivity contribution >= 4 is 29.2 Å². The summed E-state index contributed by atoms with van der Waals surface area (Å²) in [4.78, 5) is 26.4. The largest absolute Gasteiger partial charge is 0.494 e. The maximum atomic E-state index is 12.8. The van der Waals surface area contributed by atoms with Gasteiger partial charge in [-0.25, -0.2) is 0 Å². The number of hydrogen-bond acceptors (Lipinski definition) is 5. The number of thiocarbonyl (C=S) groups is 1. The van der Waals surface area contributed by atoms with Crippen LogP contribution >= 0.6 is 12.2 Å². The van der Waals surface area contributed by atoms with E-state index >= 15 is 0 Å². The Morgan fingerprint density at radius 2 is 1.84 bits per heavy atom. The van der Waals surface area contributed by atoms with Crippen LogP contribution in [0.15, 0.2) is 54.6 Å². The van der Waals surface area contributed by atoms with Crippen LogP contribution in [0.4, 0.5) is 0 Å². The van der Waals surface area contributed by atoms with Gasteiger partial charge in [-0.1, -0.05) is 50.2 Å². The molecule has 172 valence electrons. The van der Waals surface area contributed by atoms with Crippen LogP contribution in [0.25, 0.3) is 0 Å². The van der Waals surface area contributed by atoms with Gasteiger partial charge in [0.15, 0.2) is 5.11 Å². The SMILES string of the molecule is CCOC(=O)CCN(Cc1ccccc1)C(=S)NC(=O)c1cccc(OCCC(C)C)c1. The zero-order valence-corrected chi connectivity index (χ0v) is 19.8. The Morgan fingerprint density at radius 1 is 1.09 bits per heavy atom. The third-order valence-electron chi connectivity index (χ3n) is 4.68. The smallest absolute Gasteiger partial charge is 0.307 e. The van der Waals surface area contributed by atoms with Gasteiger partial charge in [0.25, 0.3) is 5.91 Å². The van der Waals surface area contributed by atoms with Crippen LogP contribution < -0.4 is 10.1 Å². The second kappa shape index (κ2) is 13.5. The molecule has 0 saturated carbocycles. The molecule has 0 aromatic heterocycles. The molecule has 0 bridgehead atoms. The third-order valence-corrected chi connectivity index (χ3v) is 5.04. The summed E-state index contributed by atoms with van der Waals surface area (Å²) in [5.74, 6) is 0.571. The van der Waals surface area contributed by atoms with E-state index in [-0.39, 0.29) is 23.4 Å². The van der Waals surface area contributed by atoms with Gasteiger partial charge in [0.05, 0.1) is 19.6 Å². The van der Waals surface area contributed by atoms with Crippen LogP contribution in [-0.4, -0.2) is 41.6 Å². The molecule has 7 heteroatoms. The van der Waals surface area contributed by atoms with Crippen molar-refractivity contribution in [3.8, 4) is 5.75 Å². The number of hydrogen-bond donors (Lipinski definition) is 1. The number of benzene rings is 2. The van der Waals surface area contributed by atoms with E-state index in [1.54, 1.807) is 30.0 Å². The third kappa shape index (κ3) is 9.06. The average Bonchev–Trinajstić information content (AvgIpc) is 2.77. The normalized spacial score (nSPS) is 10.5. The highest BCUT2D eigenvalue weighted by molar-refractivity contribution is 7.80. The van der Waals surface area contributed by atoms with Crippen molar-refractivity contribution in [2.24, 2.45) is 5.92 Å². The average molecular weight is 457 g/mol. The molecule has 0 aliphatic carbocycles. The first kappa shape index (κ1) is 25.3. The molecule has 6 nitrogen and oxygen atoms in total. The van der Waals surface area contributed by atoms with Gasteiger partial charge in [0, 0.05) is 18.7 Å². The number of ether oxygens (including phenoxy) is 2. The number of carbonyl (C=O) groups excluding carboxylic acids is 2. The standard InChI is InChI=1S/C25H32N2O4S/c1-4-30-23(28)13-15-27(18-20-9-6-5-7-10-20)25(32)26-24(29)21-11-8-12-22(17-21)31-16-14-19(2)3/h5-12,17,19H,4,13-16,18H2,1-3H3,(H,26,29,32). The maximum Gasteiger partial charge on any atom is 0.307 e. The minimum absolute atomic E-state index is 0.176. The van der Waals surface area contributed by atoms with E-state index in [0.29, 0.717) is 43.5 Å². The molecule has 2 aromatic rings. The highest BCUT2D eigenvalue weighted by Crippen LogP contribution is 2.15. The molecule has 0 atom stereocenters. The Balaban J connectivity index is 2.03. The second-order valence-corrected chi connectivity index (χ2v) is 8.17. The minimum atomic E-state index is -0.321. The van der Waals surface area contributed by atoms with Crippen molar-refractivity contribution in [3.63, 3.8) is 0 Å². The molecular formula is C25H32N2O4S. The first-order chi connectivity index (χ1) is 15.4. The monoisotopic (exact) mass is 456 g/mol. The summed E-state index contributed by atoms with van der Waals surface area (Å²) in [7, 11) is 0. The minimum Gasteiger partial charge on any atom is -0.494 e. The van der Waals surface area contributed by atoms with Crippen molar-refractivity contribution in [3.05, 3.63) is 65.7 Å². The lowest BCUT2D eigenvalue weighted by molar-refractivity contribution is -0.143. The summed E-state index contributed by atoms with van der Waals surface area (Å²) < 4.78 is 10.8. The van der Waals surface area contributed by atoms with E-state index in [4.69, 9.17) is 21.7 Å². The van der Waals surface area contributed by atoms with Crippen molar-refractivity contribution < 1.29 is 19.1 Å². The van der Waals surface area contributed by atoms with Crippen molar-refractivity contribution in [1.29, 1.82) is 0 Å². The number of rotatable bonds is 11. The lowest BCUT2D eigenvalue weighted by Gasteiger charge is -2.25. The zero-order valence-electron chi connectivity index (χ0n) is 19.0. The highest BCUT2D eigenvalue weighted by atomic mass is 32.1. The second-order valence-electron chi connectivity index (χ2n) is 7.78. The van der Waals surface area contributed by atoms with E-state index in [2.05, 4.69) is 19.2 Å². The van der Waals surface area contributed by atoms with Gasteiger partial charge in [-0.3, -0.25) is 14.9 Å². The summed E-state index contributed by atoms with van der Waals surface area (Å²) in [6.45, 7) is 7.77. The Morgan fingerprint density at radius 3 is 2.53 bits per heavy atom. The van der Waals surface area contributed by atoms with Gasteiger partial charge in [-0.15, -0.1) is 0 Å². The molecule has 0 heterocycles. The summed E-state index contributed by atoms with van der Waals surface area (Å²) in [6, 6.07) is 16.8. The molecule has 0 aliphatic heterocycles. The number of amides is 1. The number of carbonyl (C=O) groups is 2. The molecule has 0 saturated heterocycles. The Labute approximate surface area is 195 Å². The summed E-state index contributed by atoms with van der Waals surface area (Å²) in [5, 5.41) is 3.04. The summed E-state index contributed by atoms with van der Waals surface area (Å²) in [5.41, 5.74) is 1.48. The molecule has 2 aromatic carbocycles. The van der Waals surface area contributed by atoms with Crippen LogP contribution in [-0.2, 0) is 16.1 Å². The molecule has 0 fully saturated rings. The number of nitrogens with zero attached hydrogens (tertiary/aromatic N) is 1. The molecule has 1 N–H and O–H groups in total. The first-order valence-corrected chi connectivity index (χ1v) is 11.3. The molecular weight excluding hydrogens is 424 g/mol. The lowest BCUT2D eigenvalue weighted by atomic mass is 10.1. The summed E-state index contributed by atoms with van der Waals surface area (Å²) in [6.07, 6.45) is 1.12. The van der Waals surface area contributed by atoms with Crippen LogP contribution in [0, 0.1) is 5.92 Å². The molecule has 2 rings (SSSR count). The molecule has 1 amide bonds. The Bertz CT molecular complexity index is 887. The number of esters is 1. The Hall–Kier alpha value is -2.93. The summed E-state index contributed by atoms with van der Waals surface area (Å²) >= 11 is 5.51. The van der Waals surface area contributed by atoms with Gasteiger partial charge in [-0.05, 0) is 55.2 Å². The van der Waals surface area contributed by atoms with Crippen LogP contribution in [0.2, 0.25) is 0 Å². The van der Waals surface area contributed by atoms with Crippen LogP contribution in [0.3, 0.4) is 0 Å². The fourth-order valence-electron chi connectivity index (χ4n) is 2.90. The molecule has 0 aliphatic rings. The van der Waals surface area contributed by atoms with Crippen molar-refractivity contribution in [2.45, 2.75) is 40.2 Å². The van der Waals surface area contributed by atoms with Crippen molar-refractivity contribution in [2.75, 3.05) is 19.8 Å². The van der Waals surface area contributed by atoms with Crippen LogP contribution in [0.1, 0.15) is 49.5 Å². The Kier molecular flexibility index (Phi) is 10.7. The fraction of sp³-hybridized carbons (Fsp3) is 0.400. The van der Waals surface area contributed by atoms with Crippen LogP contribution in [0.5, 0.6) is 5.75 Å². The van der Waals surface area contributed by atoms with E-state index < -0.39 is 0 Å². The molecule has 0 spiro atoms. The number of nitrogens with one attached hydrogen (secondary N) is 1. The lowest BCUT2D eigenvalue weighted by Crippen LogP contribution is -2.43. The van der Waals surface area contributed by atoms with E-state index in [1.807, 2.05) is 36.4 Å². The van der Waals surface area contributed by atoms with Gasteiger partial charge < -0.3 is 14.4 Å². The molecule has 0 unspecified atom stereocenters. The van der Waals surface area contributed by atoms with Gasteiger partial charge >= 0.3 is 5.97 Å². The van der Waals surface area contributed by atoms with E-state index in [0.717, 1.165) is 12.0 Å². The molecule has 0 radical (unpaired) electrons. The van der Waals surface area contributed by atoms with E-state index in [1.165, 1.54) is 0 Å². The van der Waals surface area contributed by atoms with Gasteiger partial charge in [0.1, 0.15) is 5.75 Å². The topological polar surface area (TPSA) is 67.9 Å². The van der Waals surface area contributed by atoms with Gasteiger partial charge in [-0.2, -0.15) is 0 Å². The zero-order chi connectivity index (χ0) is 23.3. The van der Waals surface area contributed by atoms with Gasteiger partial charge in [0.2, 0.25) is 0 Å². The first-order valence-electron chi connectivity index (χ1n) is 10.9. The predicted octanol–water partition coefficient (Wildman–Crippen LogP) is 4.58. The van der Waals surface area contributed by atoms with E-state index in [9.17, 15) is 9.59 Å². The maximum absolute atomic E-state index is 12.8. The quantitative estimate of drug-likeness (QED) is 0.394. The molecule has 32 heavy (non-hydrogen) atoms. The predicted molar refractivity (Wildman–Crippen MR) is 130 cm³/mol.